The molecule has 1 rings (SSSR count). The van der Waals surface area contributed by atoms with Gasteiger partial charge in [0.2, 0.25) is 0 Å². The molecule has 0 saturated carbocycles. The average Bonchev–Trinajstić information content (AvgIpc) is 2.26. The molecule has 0 spiro atoms. The van der Waals surface area contributed by atoms with Gasteiger partial charge in [0.15, 0.2) is 0 Å². The molecule has 1 aromatic carbocycles. The number of benzene rings is 1. The predicted molar refractivity (Wildman–Crippen MR) is 68.5 cm³/mol. The van der Waals surface area contributed by atoms with Gasteiger partial charge < -0.3 is 5.11 Å². The molecule has 92 valence electrons. The average molecular weight is 232 g/mol. The van der Waals surface area contributed by atoms with Gasteiger partial charge in [-0.15, -0.1) is 0 Å². The van der Waals surface area contributed by atoms with Crippen LogP contribution in [0.5, 0.6) is 0 Å². The molecule has 0 aliphatic heterocycles. The molecule has 1 N–H and O–H groups in total. The molecule has 0 amide bonds. The molecule has 1 atom stereocenters. The third-order valence-electron chi connectivity index (χ3n) is 2.82. The smallest absolute Gasteiger partial charge is 0.0991 e. The highest BCUT2D eigenvalue weighted by atomic mass is 16.3. The fourth-order valence-corrected chi connectivity index (χ4v) is 1.84. The first kappa shape index (κ1) is 13.7. The van der Waals surface area contributed by atoms with Gasteiger partial charge in [-0.25, -0.2) is 0 Å². The predicted octanol–water partition coefficient (Wildman–Crippen LogP) is 2.32. The largest absolute Gasteiger partial charge is 0.389 e. The second kappa shape index (κ2) is 5.31. The standard InChI is InChI=1S/C14H20N2O/c1-11(16(4)10-14(2,3)17)13-7-5-12(9-15)6-8-13/h5-8,11,17H,10H2,1-4H3. The van der Waals surface area contributed by atoms with Crippen LogP contribution < -0.4 is 0 Å². The highest BCUT2D eigenvalue weighted by Crippen LogP contribution is 2.20. The van der Waals surface area contributed by atoms with Crippen molar-refractivity contribution in [2.75, 3.05) is 13.6 Å². The lowest BCUT2D eigenvalue weighted by Crippen LogP contribution is -2.37. The maximum absolute atomic E-state index is 9.78. The number of nitriles is 1. The van der Waals surface area contributed by atoms with Crippen molar-refractivity contribution in [3.05, 3.63) is 35.4 Å². The summed E-state index contributed by atoms with van der Waals surface area (Å²) >= 11 is 0. The molecule has 3 heteroatoms. The Kier molecular flexibility index (Phi) is 4.28. The third-order valence-corrected chi connectivity index (χ3v) is 2.82. The Bertz CT molecular complexity index is 398. The van der Waals surface area contributed by atoms with Gasteiger partial charge in [0.25, 0.3) is 0 Å². The molecule has 3 nitrogen and oxygen atoms in total. The van der Waals surface area contributed by atoms with Crippen molar-refractivity contribution >= 4 is 0 Å². The van der Waals surface area contributed by atoms with E-state index >= 15 is 0 Å². The molecule has 0 radical (unpaired) electrons. The van der Waals surface area contributed by atoms with Crippen molar-refractivity contribution in [1.29, 1.82) is 5.26 Å². The summed E-state index contributed by atoms with van der Waals surface area (Å²) in [5.41, 5.74) is 1.12. The van der Waals surface area contributed by atoms with E-state index in [9.17, 15) is 5.11 Å². The Morgan fingerprint density at radius 1 is 1.35 bits per heavy atom. The Hall–Kier alpha value is -1.37. The lowest BCUT2D eigenvalue weighted by atomic mass is 10.0. The maximum atomic E-state index is 9.78. The first-order valence-corrected chi connectivity index (χ1v) is 5.76. The Balaban J connectivity index is 2.75. The van der Waals surface area contributed by atoms with E-state index in [1.807, 2.05) is 31.3 Å². The van der Waals surface area contributed by atoms with E-state index in [0.717, 1.165) is 5.56 Å². The normalized spacial score (nSPS) is 13.5. The minimum absolute atomic E-state index is 0.217. The van der Waals surface area contributed by atoms with Crippen LogP contribution >= 0.6 is 0 Å². The first-order chi connectivity index (χ1) is 7.83. The SMILES string of the molecule is CC(c1ccc(C#N)cc1)N(C)CC(C)(C)O. The zero-order valence-corrected chi connectivity index (χ0v) is 10.9. The highest BCUT2D eigenvalue weighted by molar-refractivity contribution is 5.32. The number of aliphatic hydroxyl groups is 1. The quantitative estimate of drug-likeness (QED) is 0.866. The molecule has 1 aromatic rings. The highest BCUT2D eigenvalue weighted by Gasteiger charge is 2.20. The van der Waals surface area contributed by atoms with Crippen LogP contribution in [-0.4, -0.2) is 29.2 Å². The summed E-state index contributed by atoms with van der Waals surface area (Å²) in [6.45, 7) is 6.30. The first-order valence-electron chi connectivity index (χ1n) is 5.76. The molecule has 0 bridgehead atoms. The number of hydrogen-bond acceptors (Lipinski definition) is 3. The molecule has 1 unspecified atom stereocenters. The molecule has 0 aromatic heterocycles. The van der Waals surface area contributed by atoms with E-state index in [1.165, 1.54) is 0 Å². The number of nitrogens with zero attached hydrogens (tertiary/aromatic N) is 2. The molecular weight excluding hydrogens is 212 g/mol. The minimum atomic E-state index is -0.699. The van der Waals surface area contributed by atoms with E-state index in [1.54, 1.807) is 13.8 Å². The van der Waals surface area contributed by atoms with Crippen LogP contribution in [0.2, 0.25) is 0 Å². The number of likely N-dealkylation sites (N-methyl/N-ethyl adjacent to an activating group) is 1. The fourth-order valence-electron chi connectivity index (χ4n) is 1.84. The zero-order valence-electron chi connectivity index (χ0n) is 10.9. The van der Waals surface area contributed by atoms with Gasteiger partial charge in [0, 0.05) is 12.6 Å². The lowest BCUT2D eigenvalue weighted by Gasteiger charge is -2.30. The van der Waals surface area contributed by atoms with Gasteiger partial charge in [-0.3, -0.25) is 4.90 Å². The second-order valence-corrected chi connectivity index (χ2v) is 5.14. The van der Waals surface area contributed by atoms with Gasteiger partial charge in [-0.05, 0) is 45.5 Å². The lowest BCUT2D eigenvalue weighted by molar-refractivity contribution is 0.0334. The summed E-state index contributed by atoms with van der Waals surface area (Å²) in [6, 6.07) is 9.89. The van der Waals surface area contributed by atoms with Gasteiger partial charge >= 0.3 is 0 Å². The van der Waals surface area contributed by atoms with E-state index in [-0.39, 0.29) is 6.04 Å². The number of rotatable bonds is 4. The summed E-state index contributed by atoms with van der Waals surface area (Å²) in [7, 11) is 1.99. The van der Waals surface area contributed by atoms with Gasteiger partial charge in [-0.2, -0.15) is 5.26 Å². The summed E-state index contributed by atoms with van der Waals surface area (Å²) < 4.78 is 0. The van der Waals surface area contributed by atoms with Crippen molar-refractivity contribution in [2.24, 2.45) is 0 Å². The minimum Gasteiger partial charge on any atom is -0.389 e. The number of hydrogen-bond donors (Lipinski definition) is 1. The van der Waals surface area contributed by atoms with E-state index in [4.69, 9.17) is 5.26 Å². The van der Waals surface area contributed by atoms with Crippen LogP contribution in [-0.2, 0) is 0 Å². The van der Waals surface area contributed by atoms with E-state index in [0.29, 0.717) is 12.1 Å². The summed E-state index contributed by atoms with van der Waals surface area (Å²) in [4.78, 5) is 2.10. The van der Waals surface area contributed by atoms with Crippen LogP contribution in [0.4, 0.5) is 0 Å². The Morgan fingerprint density at radius 3 is 2.29 bits per heavy atom. The van der Waals surface area contributed by atoms with Crippen LogP contribution in [0.25, 0.3) is 0 Å². The van der Waals surface area contributed by atoms with Gasteiger partial charge in [-0.1, -0.05) is 12.1 Å². The monoisotopic (exact) mass is 232 g/mol. The maximum Gasteiger partial charge on any atom is 0.0991 e. The van der Waals surface area contributed by atoms with Crippen molar-refractivity contribution in [3.63, 3.8) is 0 Å². The van der Waals surface area contributed by atoms with Crippen molar-refractivity contribution in [1.82, 2.24) is 4.90 Å². The van der Waals surface area contributed by atoms with Crippen molar-refractivity contribution in [3.8, 4) is 6.07 Å². The Labute approximate surface area is 103 Å². The molecular formula is C14H20N2O. The van der Waals surface area contributed by atoms with E-state index in [2.05, 4.69) is 17.9 Å². The van der Waals surface area contributed by atoms with Crippen LogP contribution in [0, 0.1) is 11.3 Å². The topological polar surface area (TPSA) is 47.3 Å². The van der Waals surface area contributed by atoms with Crippen LogP contribution in [0.15, 0.2) is 24.3 Å². The molecule has 0 fully saturated rings. The third kappa shape index (κ3) is 4.18. The molecule has 0 aliphatic carbocycles. The fraction of sp³-hybridized carbons (Fsp3) is 0.500. The second-order valence-electron chi connectivity index (χ2n) is 5.14. The van der Waals surface area contributed by atoms with Crippen LogP contribution in [0.1, 0.15) is 37.9 Å². The zero-order chi connectivity index (χ0) is 13.1. The van der Waals surface area contributed by atoms with Crippen molar-refractivity contribution in [2.45, 2.75) is 32.4 Å². The Morgan fingerprint density at radius 2 is 1.88 bits per heavy atom. The summed E-state index contributed by atoms with van der Waals surface area (Å²) in [6.07, 6.45) is 0. The summed E-state index contributed by atoms with van der Waals surface area (Å²) in [5, 5.41) is 18.5. The molecule has 0 aliphatic rings. The van der Waals surface area contributed by atoms with Crippen LogP contribution in [0.3, 0.4) is 0 Å². The summed E-state index contributed by atoms with van der Waals surface area (Å²) in [5.74, 6) is 0. The molecule has 0 saturated heterocycles. The van der Waals surface area contributed by atoms with Crippen molar-refractivity contribution < 1.29 is 5.11 Å². The molecule has 0 heterocycles. The van der Waals surface area contributed by atoms with E-state index < -0.39 is 5.60 Å². The molecule has 17 heavy (non-hydrogen) atoms. The van der Waals surface area contributed by atoms with Gasteiger partial charge in [0.05, 0.1) is 17.2 Å². The van der Waals surface area contributed by atoms with Gasteiger partial charge in [0.1, 0.15) is 0 Å².